The molecule has 1 atom stereocenters. The predicted molar refractivity (Wildman–Crippen MR) is 136 cm³/mol. The molecule has 2 aliphatic rings. The van der Waals surface area contributed by atoms with E-state index in [0.717, 1.165) is 12.0 Å². The number of hydrogen-bond acceptors (Lipinski definition) is 5. The van der Waals surface area contributed by atoms with Gasteiger partial charge in [0.05, 0.1) is 6.04 Å². The van der Waals surface area contributed by atoms with E-state index in [1.807, 2.05) is 4.90 Å². The average molecular weight is 491 g/mol. The van der Waals surface area contributed by atoms with E-state index in [1.165, 1.54) is 16.0 Å². The molecule has 0 saturated heterocycles. The normalized spacial score (nSPS) is 16.3. The first-order valence-corrected chi connectivity index (χ1v) is 12.9. The van der Waals surface area contributed by atoms with Gasteiger partial charge >= 0.3 is 0 Å². The van der Waals surface area contributed by atoms with E-state index in [1.54, 1.807) is 34.4 Å². The summed E-state index contributed by atoms with van der Waals surface area (Å²) in [5.74, 6) is 1.20. The number of nitrogens with zero attached hydrogens (tertiary/aromatic N) is 2. The van der Waals surface area contributed by atoms with Crippen LogP contribution in [0.25, 0.3) is 0 Å². The molecule has 0 fully saturated rings. The van der Waals surface area contributed by atoms with Gasteiger partial charge in [-0.2, -0.15) is 0 Å². The first kappa shape index (κ1) is 23.4. The fraction of sp³-hybridized carbons (Fsp3) is 0.357. The van der Waals surface area contributed by atoms with Crippen molar-refractivity contribution in [1.29, 1.82) is 0 Å². The van der Waals surface area contributed by atoms with Crippen LogP contribution in [0.5, 0.6) is 11.5 Å². The minimum atomic E-state index is -0.175. The van der Waals surface area contributed by atoms with Gasteiger partial charge in [-0.1, -0.05) is 43.7 Å². The van der Waals surface area contributed by atoms with E-state index in [2.05, 4.69) is 56.5 Å². The van der Waals surface area contributed by atoms with Crippen LogP contribution in [0.1, 0.15) is 51.8 Å². The molecular weight excluding hydrogens is 460 g/mol. The lowest BCUT2D eigenvalue weighted by molar-refractivity contribution is -0.134. The summed E-state index contributed by atoms with van der Waals surface area (Å²) in [4.78, 5) is 32.2. The fourth-order valence-electron chi connectivity index (χ4n) is 4.82. The van der Waals surface area contributed by atoms with Gasteiger partial charge in [-0.05, 0) is 60.0 Å². The summed E-state index contributed by atoms with van der Waals surface area (Å²) in [6.45, 7) is 7.49. The number of hydrogen-bond donors (Lipinski definition) is 0. The largest absolute Gasteiger partial charge is 0.454 e. The molecule has 5 rings (SSSR count). The third-order valence-electron chi connectivity index (χ3n) is 6.50. The molecule has 0 N–H and O–H groups in total. The zero-order chi connectivity index (χ0) is 24.5. The molecule has 2 aliphatic heterocycles. The molecule has 7 heteroatoms. The van der Waals surface area contributed by atoms with Crippen LogP contribution in [0.3, 0.4) is 0 Å². The molecule has 3 aromatic rings. The number of fused-ring (bicyclic) bond motifs is 2. The topological polar surface area (TPSA) is 59.1 Å². The van der Waals surface area contributed by atoms with Crippen LogP contribution in [-0.4, -0.2) is 48.0 Å². The van der Waals surface area contributed by atoms with Gasteiger partial charge in [0.15, 0.2) is 11.5 Å². The highest BCUT2D eigenvalue weighted by Crippen LogP contribution is 2.38. The number of ether oxygens (including phenoxy) is 2. The van der Waals surface area contributed by atoms with E-state index >= 15 is 0 Å². The highest BCUT2D eigenvalue weighted by molar-refractivity contribution is 7.10. The van der Waals surface area contributed by atoms with E-state index in [9.17, 15) is 9.59 Å². The Morgan fingerprint density at radius 1 is 1.09 bits per heavy atom. The van der Waals surface area contributed by atoms with E-state index in [-0.39, 0.29) is 37.1 Å². The van der Waals surface area contributed by atoms with Crippen molar-refractivity contribution in [1.82, 2.24) is 9.80 Å². The molecule has 2 amide bonds. The predicted octanol–water partition coefficient (Wildman–Crippen LogP) is 5.06. The van der Waals surface area contributed by atoms with Crippen molar-refractivity contribution >= 4 is 23.2 Å². The lowest BCUT2D eigenvalue weighted by Gasteiger charge is -2.38. The minimum absolute atomic E-state index is 0.0350. The van der Waals surface area contributed by atoms with Crippen LogP contribution in [0.4, 0.5) is 0 Å². The Balaban J connectivity index is 1.41. The first-order valence-electron chi connectivity index (χ1n) is 12.0. The third kappa shape index (κ3) is 4.78. The Morgan fingerprint density at radius 3 is 2.63 bits per heavy atom. The Kier molecular flexibility index (Phi) is 6.52. The van der Waals surface area contributed by atoms with Gasteiger partial charge in [0.25, 0.3) is 5.91 Å². The van der Waals surface area contributed by atoms with Crippen molar-refractivity contribution in [3.63, 3.8) is 0 Å². The van der Waals surface area contributed by atoms with Crippen molar-refractivity contribution in [2.24, 2.45) is 5.92 Å². The summed E-state index contributed by atoms with van der Waals surface area (Å²) < 4.78 is 10.8. The second-order valence-corrected chi connectivity index (χ2v) is 10.6. The lowest BCUT2D eigenvalue weighted by Crippen LogP contribution is -2.47. The van der Waals surface area contributed by atoms with Gasteiger partial charge < -0.3 is 19.3 Å². The maximum atomic E-state index is 13.8. The molecule has 0 radical (unpaired) electrons. The molecule has 182 valence electrons. The van der Waals surface area contributed by atoms with Gasteiger partial charge in [0, 0.05) is 23.5 Å². The van der Waals surface area contributed by atoms with E-state index < -0.39 is 0 Å². The van der Waals surface area contributed by atoms with Gasteiger partial charge in [-0.15, -0.1) is 11.3 Å². The van der Waals surface area contributed by atoms with E-state index in [0.29, 0.717) is 30.2 Å². The van der Waals surface area contributed by atoms with Crippen molar-refractivity contribution < 1.29 is 19.1 Å². The summed E-state index contributed by atoms with van der Waals surface area (Å²) in [7, 11) is 0. The van der Waals surface area contributed by atoms with Gasteiger partial charge in [0.2, 0.25) is 12.7 Å². The standard InChI is InChI=1S/C28H30N2O4S/c1-18(2)15-29(28(32)21-8-9-23-24(14-21)34-17-33-23)16-26(31)30-12-10-25-22(11-13-35-25)27(30)20-6-4-19(3)5-7-20/h4-9,11,13-14,18,27H,10,12,15-17H2,1-3H3. The number of carbonyl (C=O) groups is 2. The van der Waals surface area contributed by atoms with Crippen LogP contribution in [0.15, 0.2) is 53.9 Å². The molecule has 0 bridgehead atoms. The molecule has 0 spiro atoms. The molecular formula is C28H30N2O4S. The SMILES string of the molecule is Cc1ccc(C2c3ccsc3CCN2C(=O)CN(CC(C)C)C(=O)c2ccc3c(c2)OCO3)cc1. The third-order valence-corrected chi connectivity index (χ3v) is 7.49. The molecule has 6 nitrogen and oxygen atoms in total. The van der Waals surface area contributed by atoms with Crippen molar-refractivity contribution in [3.05, 3.63) is 81.0 Å². The molecule has 2 aromatic carbocycles. The maximum absolute atomic E-state index is 13.8. The number of rotatable bonds is 6. The highest BCUT2D eigenvalue weighted by atomic mass is 32.1. The molecule has 1 aromatic heterocycles. The molecule has 35 heavy (non-hydrogen) atoms. The molecule has 3 heterocycles. The van der Waals surface area contributed by atoms with Crippen LogP contribution in [-0.2, 0) is 11.2 Å². The number of carbonyl (C=O) groups excluding carboxylic acids is 2. The van der Waals surface area contributed by atoms with Gasteiger partial charge in [0.1, 0.15) is 6.54 Å². The summed E-state index contributed by atoms with van der Waals surface area (Å²) in [5, 5.41) is 2.11. The first-order chi connectivity index (χ1) is 16.9. The number of aryl methyl sites for hydroxylation is 1. The van der Waals surface area contributed by atoms with Crippen LogP contribution >= 0.6 is 11.3 Å². The average Bonchev–Trinajstić information content (AvgIpc) is 3.51. The zero-order valence-electron chi connectivity index (χ0n) is 20.3. The quantitative estimate of drug-likeness (QED) is 0.485. The summed E-state index contributed by atoms with van der Waals surface area (Å²) in [5.41, 5.74) is 3.97. The van der Waals surface area contributed by atoms with Gasteiger partial charge in [-0.25, -0.2) is 0 Å². The number of amides is 2. The van der Waals surface area contributed by atoms with E-state index in [4.69, 9.17) is 9.47 Å². The molecule has 1 unspecified atom stereocenters. The Labute approximate surface area is 210 Å². The second kappa shape index (κ2) is 9.74. The fourth-order valence-corrected chi connectivity index (χ4v) is 5.72. The highest BCUT2D eigenvalue weighted by Gasteiger charge is 2.34. The lowest BCUT2D eigenvalue weighted by atomic mass is 9.92. The van der Waals surface area contributed by atoms with Crippen LogP contribution < -0.4 is 9.47 Å². The zero-order valence-corrected chi connectivity index (χ0v) is 21.1. The van der Waals surface area contributed by atoms with Crippen molar-refractivity contribution in [2.45, 2.75) is 33.2 Å². The smallest absolute Gasteiger partial charge is 0.254 e. The minimum Gasteiger partial charge on any atom is -0.454 e. The number of thiophene rings is 1. The summed E-state index contributed by atoms with van der Waals surface area (Å²) in [6, 6.07) is 15.6. The monoisotopic (exact) mass is 490 g/mol. The molecule has 0 saturated carbocycles. The second-order valence-electron chi connectivity index (χ2n) is 9.60. The van der Waals surface area contributed by atoms with Crippen LogP contribution in [0, 0.1) is 12.8 Å². The Bertz CT molecular complexity index is 1230. The maximum Gasteiger partial charge on any atom is 0.254 e. The Morgan fingerprint density at radius 2 is 1.86 bits per heavy atom. The summed E-state index contributed by atoms with van der Waals surface area (Å²) >= 11 is 1.75. The van der Waals surface area contributed by atoms with Crippen LogP contribution in [0.2, 0.25) is 0 Å². The summed E-state index contributed by atoms with van der Waals surface area (Å²) in [6.07, 6.45) is 0.835. The van der Waals surface area contributed by atoms with Gasteiger partial charge in [-0.3, -0.25) is 9.59 Å². The molecule has 0 aliphatic carbocycles. The van der Waals surface area contributed by atoms with Crippen molar-refractivity contribution in [2.75, 3.05) is 26.4 Å². The Hall–Kier alpha value is -3.32. The van der Waals surface area contributed by atoms with Crippen molar-refractivity contribution in [3.8, 4) is 11.5 Å². The number of benzene rings is 2.